The SMILES string of the molecule is COc1ccc(/C=C/C(=O)N2CCCCCC2)cc1S(=O)(=O)N(C)C. The lowest BCUT2D eigenvalue weighted by molar-refractivity contribution is -0.125. The van der Waals surface area contributed by atoms with Crippen LogP contribution in [0.5, 0.6) is 5.75 Å². The summed E-state index contributed by atoms with van der Waals surface area (Å²) in [5.74, 6) is 0.249. The van der Waals surface area contributed by atoms with Crippen LogP contribution in [0.4, 0.5) is 0 Å². The fourth-order valence-corrected chi connectivity index (χ4v) is 3.84. The van der Waals surface area contributed by atoms with Crippen molar-refractivity contribution in [2.75, 3.05) is 34.3 Å². The molecule has 0 radical (unpaired) electrons. The minimum Gasteiger partial charge on any atom is -0.495 e. The van der Waals surface area contributed by atoms with Crippen LogP contribution in [0.15, 0.2) is 29.2 Å². The Morgan fingerprint density at radius 1 is 1.16 bits per heavy atom. The number of nitrogens with zero attached hydrogens (tertiary/aromatic N) is 2. The summed E-state index contributed by atoms with van der Waals surface area (Å²) in [6, 6.07) is 4.87. The molecule has 0 aromatic heterocycles. The molecule has 1 heterocycles. The van der Waals surface area contributed by atoms with Gasteiger partial charge in [0.25, 0.3) is 0 Å². The smallest absolute Gasteiger partial charge is 0.246 e. The van der Waals surface area contributed by atoms with E-state index in [4.69, 9.17) is 4.74 Å². The topological polar surface area (TPSA) is 66.9 Å². The molecule has 6 nitrogen and oxygen atoms in total. The summed E-state index contributed by atoms with van der Waals surface area (Å²) >= 11 is 0. The summed E-state index contributed by atoms with van der Waals surface area (Å²) in [5, 5.41) is 0. The molecule has 1 saturated heterocycles. The molecule has 2 rings (SSSR count). The Labute approximate surface area is 150 Å². The number of carbonyl (C=O) groups is 1. The first-order chi connectivity index (χ1) is 11.9. The van der Waals surface area contributed by atoms with Crippen molar-refractivity contribution in [3.05, 3.63) is 29.8 Å². The van der Waals surface area contributed by atoms with Gasteiger partial charge in [0.1, 0.15) is 10.6 Å². The van der Waals surface area contributed by atoms with Gasteiger partial charge in [-0.3, -0.25) is 4.79 Å². The third-order valence-electron chi connectivity index (χ3n) is 4.28. The van der Waals surface area contributed by atoms with Crippen molar-refractivity contribution in [2.45, 2.75) is 30.6 Å². The molecular weight excluding hydrogens is 340 g/mol. The number of hydrogen-bond acceptors (Lipinski definition) is 4. The maximum atomic E-state index is 12.4. The highest BCUT2D eigenvalue weighted by Gasteiger charge is 2.22. The minimum atomic E-state index is -3.63. The highest BCUT2D eigenvalue weighted by molar-refractivity contribution is 7.89. The molecule has 0 unspecified atom stereocenters. The maximum absolute atomic E-state index is 12.4. The first kappa shape index (κ1) is 19.5. The molecule has 1 aromatic rings. The van der Waals surface area contributed by atoms with Crippen LogP contribution in [0.1, 0.15) is 31.2 Å². The Kier molecular flexibility index (Phi) is 6.61. The van der Waals surface area contributed by atoms with Crippen LogP contribution in [0.2, 0.25) is 0 Å². The van der Waals surface area contributed by atoms with Gasteiger partial charge in [0.05, 0.1) is 7.11 Å². The van der Waals surface area contributed by atoms with Crippen molar-refractivity contribution in [1.29, 1.82) is 0 Å². The number of likely N-dealkylation sites (tertiary alicyclic amines) is 1. The zero-order valence-corrected chi connectivity index (χ0v) is 15.9. The largest absolute Gasteiger partial charge is 0.495 e. The van der Waals surface area contributed by atoms with E-state index in [2.05, 4.69) is 0 Å². The predicted molar refractivity (Wildman–Crippen MR) is 97.9 cm³/mol. The summed E-state index contributed by atoms with van der Waals surface area (Å²) in [7, 11) is 0.751. The van der Waals surface area contributed by atoms with Crippen molar-refractivity contribution in [2.24, 2.45) is 0 Å². The molecule has 0 bridgehead atoms. The molecule has 1 amide bonds. The first-order valence-corrected chi connectivity index (χ1v) is 9.88. The zero-order chi connectivity index (χ0) is 18.4. The predicted octanol–water partition coefficient (Wildman–Crippen LogP) is 2.36. The van der Waals surface area contributed by atoms with E-state index >= 15 is 0 Å². The monoisotopic (exact) mass is 366 g/mol. The molecule has 0 saturated carbocycles. The van der Waals surface area contributed by atoms with E-state index in [1.54, 1.807) is 18.2 Å². The Hall–Kier alpha value is -1.86. The van der Waals surface area contributed by atoms with E-state index in [0.29, 0.717) is 5.56 Å². The number of ether oxygens (including phenoxy) is 1. The molecule has 0 spiro atoms. The lowest BCUT2D eigenvalue weighted by Crippen LogP contribution is -2.30. The number of hydrogen-bond donors (Lipinski definition) is 0. The number of benzene rings is 1. The van der Waals surface area contributed by atoms with E-state index < -0.39 is 10.0 Å². The third-order valence-corrected chi connectivity index (χ3v) is 6.12. The van der Waals surface area contributed by atoms with E-state index in [1.807, 2.05) is 4.90 Å². The van der Waals surface area contributed by atoms with Gasteiger partial charge in [-0.15, -0.1) is 0 Å². The Morgan fingerprint density at radius 2 is 1.80 bits per heavy atom. The summed E-state index contributed by atoms with van der Waals surface area (Å²) in [4.78, 5) is 14.3. The summed E-state index contributed by atoms with van der Waals surface area (Å²) in [6.45, 7) is 1.57. The van der Waals surface area contributed by atoms with Gasteiger partial charge in [0, 0.05) is 33.3 Å². The Morgan fingerprint density at radius 3 is 2.36 bits per heavy atom. The first-order valence-electron chi connectivity index (χ1n) is 8.44. The van der Waals surface area contributed by atoms with Crippen LogP contribution < -0.4 is 4.74 Å². The highest BCUT2D eigenvalue weighted by Crippen LogP contribution is 2.27. The molecule has 1 aliphatic heterocycles. The van der Waals surface area contributed by atoms with Crippen LogP contribution in [-0.4, -0.2) is 57.8 Å². The fourth-order valence-electron chi connectivity index (χ4n) is 2.76. The van der Waals surface area contributed by atoms with E-state index in [1.165, 1.54) is 33.3 Å². The molecule has 1 fully saturated rings. The summed E-state index contributed by atoms with van der Waals surface area (Å²) in [6.07, 6.45) is 7.57. The van der Waals surface area contributed by atoms with Gasteiger partial charge in [-0.1, -0.05) is 18.9 Å². The average molecular weight is 366 g/mol. The number of methoxy groups -OCH3 is 1. The van der Waals surface area contributed by atoms with Gasteiger partial charge in [0.15, 0.2) is 0 Å². The number of rotatable bonds is 5. The van der Waals surface area contributed by atoms with Gasteiger partial charge >= 0.3 is 0 Å². The molecular formula is C18H26N2O4S. The standard InChI is InChI=1S/C18H26N2O4S/c1-19(2)25(22,23)17-14-15(8-10-16(17)24-3)9-11-18(21)20-12-6-4-5-7-13-20/h8-11,14H,4-7,12-13H2,1-3H3/b11-9+. The van der Waals surface area contributed by atoms with Crippen molar-refractivity contribution >= 4 is 22.0 Å². The van der Waals surface area contributed by atoms with Gasteiger partial charge in [-0.25, -0.2) is 12.7 Å². The number of sulfonamides is 1. The Balaban J connectivity index is 2.23. The van der Waals surface area contributed by atoms with Gasteiger partial charge in [-0.2, -0.15) is 0 Å². The van der Waals surface area contributed by atoms with Gasteiger partial charge in [-0.05, 0) is 36.6 Å². The van der Waals surface area contributed by atoms with Gasteiger partial charge < -0.3 is 9.64 Å². The van der Waals surface area contributed by atoms with E-state index in [-0.39, 0.29) is 16.6 Å². The molecule has 1 aliphatic rings. The van der Waals surface area contributed by atoms with Crippen LogP contribution in [0.25, 0.3) is 6.08 Å². The number of amides is 1. The van der Waals surface area contributed by atoms with Crippen molar-refractivity contribution in [1.82, 2.24) is 9.21 Å². The quantitative estimate of drug-likeness (QED) is 0.751. The van der Waals surface area contributed by atoms with Crippen LogP contribution in [0, 0.1) is 0 Å². The molecule has 0 atom stereocenters. The molecule has 25 heavy (non-hydrogen) atoms. The fraction of sp³-hybridized carbons (Fsp3) is 0.500. The molecule has 138 valence electrons. The normalized spacial score (nSPS) is 16.2. The van der Waals surface area contributed by atoms with E-state index in [0.717, 1.165) is 43.1 Å². The van der Waals surface area contributed by atoms with Crippen molar-refractivity contribution in [3.8, 4) is 5.75 Å². The molecule has 0 aliphatic carbocycles. The van der Waals surface area contributed by atoms with Crippen LogP contribution >= 0.6 is 0 Å². The van der Waals surface area contributed by atoms with Crippen LogP contribution in [-0.2, 0) is 14.8 Å². The highest BCUT2D eigenvalue weighted by atomic mass is 32.2. The summed E-state index contributed by atoms with van der Waals surface area (Å²) in [5.41, 5.74) is 0.643. The second kappa shape index (κ2) is 8.49. The van der Waals surface area contributed by atoms with E-state index in [9.17, 15) is 13.2 Å². The van der Waals surface area contributed by atoms with Gasteiger partial charge in [0.2, 0.25) is 15.9 Å². The lowest BCUT2D eigenvalue weighted by atomic mass is 10.2. The third kappa shape index (κ3) is 4.83. The second-order valence-corrected chi connectivity index (χ2v) is 8.39. The van der Waals surface area contributed by atoms with Crippen LogP contribution in [0.3, 0.4) is 0 Å². The average Bonchev–Trinajstić information content (AvgIpc) is 2.88. The lowest BCUT2D eigenvalue weighted by Gasteiger charge is -2.18. The van der Waals surface area contributed by atoms with Crippen molar-refractivity contribution < 1.29 is 17.9 Å². The Bertz CT molecular complexity index is 733. The molecule has 0 N–H and O–H groups in total. The maximum Gasteiger partial charge on any atom is 0.246 e. The number of carbonyl (C=O) groups excluding carboxylic acids is 1. The summed E-state index contributed by atoms with van der Waals surface area (Å²) < 4.78 is 31.2. The van der Waals surface area contributed by atoms with Crippen molar-refractivity contribution in [3.63, 3.8) is 0 Å². The zero-order valence-electron chi connectivity index (χ0n) is 15.1. The molecule has 1 aromatic carbocycles. The molecule has 7 heteroatoms. The second-order valence-electron chi connectivity index (χ2n) is 6.27. The minimum absolute atomic E-state index is 0.0327.